The molecule has 0 fully saturated rings. The molecule has 15 heavy (non-hydrogen) atoms. The van der Waals surface area contributed by atoms with Gasteiger partial charge in [-0.15, -0.1) is 0 Å². The molecule has 0 radical (unpaired) electrons. The first kappa shape index (κ1) is 12.5. The first-order valence-corrected chi connectivity index (χ1v) is 5.71. The van der Waals surface area contributed by atoms with Gasteiger partial charge in [0.15, 0.2) is 0 Å². The highest BCUT2D eigenvalue weighted by Gasteiger charge is 2.22. The van der Waals surface area contributed by atoms with Crippen LogP contribution in [-0.4, -0.2) is 7.11 Å². The normalized spacial score (nSPS) is 11.7. The van der Waals surface area contributed by atoms with E-state index < -0.39 is 5.54 Å². The molecular formula is C12H18BrNO. The molecule has 2 N–H and O–H groups in total. The zero-order valence-corrected chi connectivity index (χ0v) is 11.5. The molecule has 0 unspecified atom stereocenters. The summed E-state index contributed by atoms with van der Waals surface area (Å²) in [7, 11) is 1.67. The van der Waals surface area contributed by atoms with E-state index in [2.05, 4.69) is 35.8 Å². The van der Waals surface area contributed by atoms with Crippen LogP contribution in [0, 0.1) is 13.8 Å². The number of halogens is 1. The molecule has 1 rings (SSSR count). The summed E-state index contributed by atoms with van der Waals surface area (Å²) in [5.41, 5.74) is 9.16. The molecule has 0 aromatic heterocycles. The second kappa shape index (κ2) is 4.14. The Labute approximate surface area is 99.9 Å². The molecule has 0 aliphatic heterocycles. The predicted octanol–water partition coefficient (Wildman–Crippen LogP) is 3.27. The molecule has 0 atom stereocenters. The van der Waals surface area contributed by atoms with Gasteiger partial charge in [-0.05, 0) is 54.8 Å². The van der Waals surface area contributed by atoms with Crippen molar-refractivity contribution in [1.29, 1.82) is 0 Å². The lowest BCUT2D eigenvalue weighted by atomic mass is 9.91. The summed E-state index contributed by atoms with van der Waals surface area (Å²) in [5.74, 6) is 0.839. The molecule has 0 saturated heterocycles. The minimum atomic E-state index is -0.397. The largest absolute Gasteiger partial charge is 0.495 e. The SMILES string of the molecule is COc1c(C(C)(C)N)cc(C)c(C)c1Br. The fourth-order valence-electron chi connectivity index (χ4n) is 1.53. The molecule has 1 aromatic carbocycles. The highest BCUT2D eigenvalue weighted by atomic mass is 79.9. The molecule has 0 heterocycles. The van der Waals surface area contributed by atoms with Crippen LogP contribution in [0.1, 0.15) is 30.5 Å². The molecule has 2 nitrogen and oxygen atoms in total. The van der Waals surface area contributed by atoms with E-state index in [0.29, 0.717) is 0 Å². The summed E-state index contributed by atoms with van der Waals surface area (Å²) in [4.78, 5) is 0. The Hall–Kier alpha value is -0.540. The summed E-state index contributed by atoms with van der Waals surface area (Å²) >= 11 is 3.55. The van der Waals surface area contributed by atoms with Crippen molar-refractivity contribution in [1.82, 2.24) is 0 Å². The van der Waals surface area contributed by atoms with E-state index in [-0.39, 0.29) is 0 Å². The van der Waals surface area contributed by atoms with Crippen molar-refractivity contribution < 1.29 is 4.74 Å². The van der Waals surface area contributed by atoms with Crippen LogP contribution in [0.25, 0.3) is 0 Å². The fraction of sp³-hybridized carbons (Fsp3) is 0.500. The van der Waals surface area contributed by atoms with Gasteiger partial charge in [-0.2, -0.15) is 0 Å². The molecule has 84 valence electrons. The average molecular weight is 272 g/mol. The Balaban J connectivity index is 3.53. The molecule has 0 spiro atoms. The zero-order chi connectivity index (χ0) is 11.8. The standard InChI is InChI=1S/C12H18BrNO/c1-7-6-9(12(3,4)14)11(15-5)10(13)8(7)2/h6H,14H2,1-5H3. The molecule has 0 aliphatic rings. The van der Waals surface area contributed by atoms with Crippen LogP contribution in [0.5, 0.6) is 5.75 Å². The summed E-state index contributed by atoms with van der Waals surface area (Å²) in [6.07, 6.45) is 0. The van der Waals surface area contributed by atoms with Crippen LogP contribution in [0.2, 0.25) is 0 Å². The molecule has 0 amide bonds. The van der Waals surface area contributed by atoms with Crippen LogP contribution >= 0.6 is 15.9 Å². The van der Waals surface area contributed by atoms with E-state index in [1.165, 1.54) is 11.1 Å². The minimum absolute atomic E-state index is 0.397. The maximum absolute atomic E-state index is 6.12. The van der Waals surface area contributed by atoms with Gasteiger partial charge in [0, 0.05) is 11.1 Å². The Morgan fingerprint density at radius 1 is 1.33 bits per heavy atom. The zero-order valence-electron chi connectivity index (χ0n) is 9.94. The predicted molar refractivity (Wildman–Crippen MR) is 67.4 cm³/mol. The van der Waals surface area contributed by atoms with Gasteiger partial charge in [-0.1, -0.05) is 6.07 Å². The Morgan fingerprint density at radius 2 is 1.87 bits per heavy atom. The Bertz CT molecular complexity index is 380. The number of aryl methyl sites for hydroxylation is 1. The second-order valence-corrected chi connectivity index (χ2v) is 5.23. The molecule has 1 aromatic rings. The summed E-state index contributed by atoms with van der Waals surface area (Å²) in [6.45, 7) is 8.10. The summed E-state index contributed by atoms with van der Waals surface area (Å²) in [6, 6.07) is 2.10. The van der Waals surface area contributed by atoms with Gasteiger partial charge in [0.2, 0.25) is 0 Å². The van der Waals surface area contributed by atoms with E-state index in [4.69, 9.17) is 10.5 Å². The van der Waals surface area contributed by atoms with E-state index >= 15 is 0 Å². The highest BCUT2D eigenvalue weighted by molar-refractivity contribution is 9.10. The summed E-state index contributed by atoms with van der Waals surface area (Å²) < 4.78 is 6.41. The molecule has 0 aliphatic carbocycles. The maximum Gasteiger partial charge on any atom is 0.138 e. The number of nitrogens with two attached hydrogens (primary N) is 1. The van der Waals surface area contributed by atoms with Crippen molar-refractivity contribution in [3.05, 3.63) is 27.2 Å². The lowest BCUT2D eigenvalue weighted by Gasteiger charge is -2.24. The number of benzene rings is 1. The maximum atomic E-state index is 6.12. The van der Waals surface area contributed by atoms with Crippen LogP contribution < -0.4 is 10.5 Å². The van der Waals surface area contributed by atoms with Crippen LogP contribution in [0.3, 0.4) is 0 Å². The van der Waals surface area contributed by atoms with Gasteiger partial charge < -0.3 is 10.5 Å². The van der Waals surface area contributed by atoms with Crippen molar-refractivity contribution in [2.24, 2.45) is 5.73 Å². The van der Waals surface area contributed by atoms with Gasteiger partial charge >= 0.3 is 0 Å². The van der Waals surface area contributed by atoms with Crippen LogP contribution in [-0.2, 0) is 5.54 Å². The van der Waals surface area contributed by atoms with Crippen molar-refractivity contribution in [2.75, 3.05) is 7.11 Å². The number of methoxy groups -OCH3 is 1. The van der Waals surface area contributed by atoms with Gasteiger partial charge in [-0.25, -0.2) is 0 Å². The lowest BCUT2D eigenvalue weighted by molar-refractivity contribution is 0.391. The minimum Gasteiger partial charge on any atom is -0.495 e. The number of hydrogen-bond acceptors (Lipinski definition) is 2. The molecule has 0 saturated carbocycles. The topological polar surface area (TPSA) is 35.2 Å². The van der Waals surface area contributed by atoms with Gasteiger partial charge in [0.25, 0.3) is 0 Å². The third-order valence-corrected chi connectivity index (χ3v) is 3.58. The van der Waals surface area contributed by atoms with Gasteiger partial charge in [-0.3, -0.25) is 0 Å². The van der Waals surface area contributed by atoms with Gasteiger partial charge in [0.1, 0.15) is 5.75 Å². The second-order valence-electron chi connectivity index (χ2n) is 4.43. The Morgan fingerprint density at radius 3 is 2.27 bits per heavy atom. The first-order chi connectivity index (χ1) is 6.79. The van der Waals surface area contributed by atoms with Crippen molar-refractivity contribution in [3.8, 4) is 5.75 Å². The highest BCUT2D eigenvalue weighted by Crippen LogP contribution is 2.38. The van der Waals surface area contributed by atoms with E-state index in [1.807, 2.05) is 13.8 Å². The van der Waals surface area contributed by atoms with E-state index in [9.17, 15) is 0 Å². The average Bonchev–Trinajstić information content (AvgIpc) is 2.12. The monoisotopic (exact) mass is 271 g/mol. The van der Waals surface area contributed by atoms with Gasteiger partial charge in [0.05, 0.1) is 11.6 Å². The first-order valence-electron chi connectivity index (χ1n) is 4.92. The van der Waals surface area contributed by atoms with Crippen LogP contribution in [0.4, 0.5) is 0 Å². The van der Waals surface area contributed by atoms with Crippen LogP contribution in [0.15, 0.2) is 10.5 Å². The lowest BCUT2D eigenvalue weighted by Crippen LogP contribution is -2.29. The Kier molecular flexibility index (Phi) is 3.46. The third-order valence-electron chi connectivity index (χ3n) is 2.62. The summed E-state index contributed by atoms with van der Waals surface area (Å²) in [5, 5.41) is 0. The smallest absolute Gasteiger partial charge is 0.138 e. The third kappa shape index (κ3) is 2.34. The molecular weight excluding hydrogens is 254 g/mol. The number of ether oxygens (including phenoxy) is 1. The van der Waals surface area contributed by atoms with Crippen molar-refractivity contribution >= 4 is 15.9 Å². The number of hydrogen-bond donors (Lipinski definition) is 1. The van der Waals surface area contributed by atoms with E-state index in [1.54, 1.807) is 7.11 Å². The molecule has 3 heteroatoms. The fourth-order valence-corrected chi connectivity index (χ4v) is 2.22. The quantitative estimate of drug-likeness (QED) is 0.896. The number of rotatable bonds is 2. The van der Waals surface area contributed by atoms with Crippen molar-refractivity contribution in [2.45, 2.75) is 33.2 Å². The van der Waals surface area contributed by atoms with E-state index in [0.717, 1.165) is 15.8 Å². The molecule has 0 bridgehead atoms. The van der Waals surface area contributed by atoms with Crippen molar-refractivity contribution in [3.63, 3.8) is 0 Å².